The van der Waals surface area contributed by atoms with Gasteiger partial charge in [-0.25, -0.2) is 8.78 Å². The van der Waals surface area contributed by atoms with Crippen molar-refractivity contribution in [1.82, 2.24) is 5.43 Å². The summed E-state index contributed by atoms with van der Waals surface area (Å²) in [4.78, 5) is 0. The number of rotatable bonds is 4. The fraction of sp³-hybridized carbons (Fsp3) is 0.143. The predicted octanol–water partition coefficient (Wildman–Crippen LogP) is 4.24. The van der Waals surface area contributed by atoms with E-state index in [1.54, 1.807) is 6.07 Å². The average molecular weight is 406 g/mol. The van der Waals surface area contributed by atoms with Crippen molar-refractivity contribution < 1.29 is 8.78 Å². The zero-order valence-electron chi connectivity index (χ0n) is 10.3. The van der Waals surface area contributed by atoms with E-state index in [4.69, 9.17) is 5.84 Å². The van der Waals surface area contributed by atoms with Crippen LogP contribution < -0.4 is 11.3 Å². The van der Waals surface area contributed by atoms with Crippen molar-refractivity contribution in [2.24, 2.45) is 5.84 Å². The van der Waals surface area contributed by atoms with Crippen molar-refractivity contribution in [2.75, 3.05) is 0 Å². The SMILES string of the molecule is NNC(Cc1ccc(F)c(F)c1)c1ccc(Br)cc1Br. The summed E-state index contributed by atoms with van der Waals surface area (Å²) < 4.78 is 28.0. The van der Waals surface area contributed by atoms with E-state index in [9.17, 15) is 8.78 Å². The highest BCUT2D eigenvalue weighted by atomic mass is 79.9. The smallest absolute Gasteiger partial charge is 0.159 e. The van der Waals surface area contributed by atoms with E-state index in [2.05, 4.69) is 37.3 Å². The normalized spacial score (nSPS) is 12.4. The first-order valence-electron chi connectivity index (χ1n) is 5.86. The first kappa shape index (κ1) is 15.6. The standard InChI is InChI=1S/C14H12Br2F2N2/c15-9-2-3-10(11(16)7-9)14(20-19)6-8-1-4-12(17)13(18)5-8/h1-5,7,14,20H,6,19H2. The molecule has 6 heteroatoms. The molecule has 0 heterocycles. The van der Waals surface area contributed by atoms with Gasteiger partial charge in [0, 0.05) is 8.95 Å². The van der Waals surface area contributed by atoms with Gasteiger partial charge in [0.25, 0.3) is 0 Å². The molecule has 106 valence electrons. The minimum atomic E-state index is -0.854. The van der Waals surface area contributed by atoms with Crippen LogP contribution in [-0.2, 0) is 6.42 Å². The predicted molar refractivity (Wildman–Crippen MR) is 82.0 cm³/mol. The Balaban J connectivity index is 2.26. The van der Waals surface area contributed by atoms with Crippen molar-refractivity contribution in [3.8, 4) is 0 Å². The lowest BCUT2D eigenvalue weighted by atomic mass is 9.99. The molecule has 0 fully saturated rings. The summed E-state index contributed by atoms with van der Waals surface area (Å²) in [7, 11) is 0. The molecule has 0 aliphatic heterocycles. The van der Waals surface area contributed by atoms with Gasteiger partial charge in [0.1, 0.15) is 0 Å². The molecule has 0 radical (unpaired) electrons. The van der Waals surface area contributed by atoms with E-state index in [1.165, 1.54) is 6.07 Å². The molecule has 2 aromatic carbocycles. The summed E-state index contributed by atoms with van der Waals surface area (Å²) in [5.41, 5.74) is 4.31. The molecule has 1 unspecified atom stereocenters. The number of hydrazine groups is 1. The van der Waals surface area contributed by atoms with E-state index < -0.39 is 11.6 Å². The minimum Gasteiger partial charge on any atom is -0.271 e. The van der Waals surface area contributed by atoms with Crippen LogP contribution in [0.1, 0.15) is 17.2 Å². The zero-order chi connectivity index (χ0) is 14.7. The maximum atomic E-state index is 13.2. The van der Waals surface area contributed by atoms with Gasteiger partial charge in [-0.2, -0.15) is 0 Å². The number of hydrogen-bond acceptors (Lipinski definition) is 2. The van der Waals surface area contributed by atoms with Gasteiger partial charge < -0.3 is 0 Å². The Morgan fingerprint density at radius 3 is 2.40 bits per heavy atom. The van der Waals surface area contributed by atoms with E-state index in [-0.39, 0.29) is 6.04 Å². The van der Waals surface area contributed by atoms with Gasteiger partial charge in [-0.1, -0.05) is 44.0 Å². The number of nitrogens with one attached hydrogen (secondary N) is 1. The second kappa shape index (κ2) is 6.76. The Bertz CT molecular complexity index is 620. The fourth-order valence-corrected chi connectivity index (χ4v) is 3.27. The van der Waals surface area contributed by atoms with Crippen LogP contribution in [0.15, 0.2) is 45.3 Å². The van der Waals surface area contributed by atoms with Gasteiger partial charge in [-0.3, -0.25) is 11.3 Å². The molecule has 1 atom stereocenters. The second-order valence-corrected chi connectivity index (χ2v) is 6.11. The number of hydrogen-bond donors (Lipinski definition) is 2. The van der Waals surface area contributed by atoms with Gasteiger partial charge in [0.05, 0.1) is 6.04 Å². The molecule has 3 N–H and O–H groups in total. The van der Waals surface area contributed by atoms with Gasteiger partial charge in [-0.05, 0) is 41.8 Å². The maximum Gasteiger partial charge on any atom is 0.159 e. The lowest BCUT2D eigenvalue weighted by Crippen LogP contribution is -2.29. The summed E-state index contributed by atoms with van der Waals surface area (Å²) in [6, 6.07) is 9.37. The molecule has 0 aromatic heterocycles. The lowest BCUT2D eigenvalue weighted by Gasteiger charge is -2.18. The molecule has 0 bridgehead atoms. The second-order valence-electron chi connectivity index (χ2n) is 4.34. The van der Waals surface area contributed by atoms with Crippen LogP contribution in [0.25, 0.3) is 0 Å². The van der Waals surface area contributed by atoms with Crippen LogP contribution in [-0.4, -0.2) is 0 Å². The number of halogens is 4. The van der Waals surface area contributed by atoms with Crippen LogP contribution in [0, 0.1) is 11.6 Å². The summed E-state index contributed by atoms with van der Waals surface area (Å²) in [6.07, 6.45) is 0.452. The van der Waals surface area contributed by atoms with Gasteiger partial charge >= 0.3 is 0 Å². The van der Waals surface area contributed by atoms with Gasteiger partial charge in [0.2, 0.25) is 0 Å². The Hall–Kier alpha value is -0.820. The summed E-state index contributed by atoms with van der Waals surface area (Å²) >= 11 is 6.85. The van der Waals surface area contributed by atoms with Crippen LogP contribution in [0.5, 0.6) is 0 Å². The largest absolute Gasteiger partial charge is 0.271 e. The van der Waals surface area contributed by atoms with Crippen molar-refractivity contribution in [3.05, 3.63) is 68.1 Å². The molecule has 2 aromatic rings. The third-order valence-corrected chi connectivity index (χ3v) is 4.14. The molecule has 0 aliphatic rings. The minimum absolute atomic E-state index is 0.206. The first-order valence-corrected chi connectivity index (χ1v) is 7.45. The van der Waals surface area contributed by atoms with Crippen LogP contribution in [0.2, 0.25) is 0 Å². The topological polar surface area (TPSA) is 38.0 Å². The molecule has 0 saturated heterocycles. The number of nitrogens with two attached hydrogens (primary N) is 1. The third kappa shape index (κ3) is 3.63. The summed E-state index contributed by atoms with van der Waals surface area (Å²) in [5, 5.41) is 0. The van der Waals surface area contributed by atoms with Crippen LogP contribution >= 0.6 is 31.9 Å². The van der Waals surface area contributed by atoms with E-state index in [0.717, 1.165) is 20.6 Å². The molecular formula is C14H12Br2F2N2. The first-order chi connectivity index (χ1) is 9.51. The van der Waals surface area contributed by atoms with E-state index in [0.29, 0.717) is 12.0 Å². The molecule has 2 rings (SSSR count). The van der Waals surface area contributed by atoms with Crippen molar-refractivity contribution in [2.45, 2.75) is 12.5 Å². The molecule has 0 amide bonds. The summed E-state index contributed by atoms with van der Waals surface area (Å²) in [5.74, 6) is 3.87. The Labute approximate surface area is 132 Å². The highest BCUT2D eigenvalue weighted by Crippen LogP contribution is 2.28. The quantitative estimate of drug-likeness (QED) is 0.589. The Morgan fingerprint density at radius 2 is 1.80 bits per heavy atom. The Kier molecular flexibility index (Phi) is 5.26. The molecule has 2 nitrogen and oxygen atoms in total. The Morgan fingerprint density at radius 1 is 1.05 bits per heavy atom. The monoisotopic (exact) mass is 404 g/mol. The van der Waals surface area contributed by atoms with Crippen molar-refractivity contribution in [3.63, 3.8) is 0 Å². The molecule has 20 heavy (non-hydrogen) atoms. The molecule has 0 saturated carbocycles. The van der Waals surface area contributed by atoms with Gasteiger partial charge in [-0.15, -0.1) is 0 Å². The van der Waals surface area contributed by atoms with Crippen molar-refractivity contribution >= 4 is 31.9 Å². The lowest BCUT2D eigenvalue weighted by molar-refractivity contribution is 0.502. The summed E-state index contributed by atoms with van der Waals surface area (Å²) in [6.45, 7) is 0. The van der Waals surface area contributed by atoms with E-state index in [1.807, 2.05) is 18.2 Å². The fourth-order valence-electron chi connectivity index (χ4n) is 1.95. The van der Waals surface area contributed by atoms with Crippen LogP contribution in [0.4, 0.5) is 8.78 Å². The highest BCUT2D eigenvalue weighted by Gasteiger charge is 2.15. The highest BCUT2D eigenvalue weighted by molar-refractivity contribution is 9.11. The molecular weight excluding hydrogens is 394 g/mol. The number of benzene rings is 2. The van der Waals surface area contributed by atoms with Gasteiger partial charge in [0.15, 0.2) is 11.6 Å². The average Bonchev–Trinajstić information content (AvgIpc) is 2.41. The van der Waals surface area contributed by atoms with E-state index >= 15 is 0 Å². The van der Waals surface area contributed by atoms with Crippen molar-refractivity contribution in [1.29, 1.82) is 0 Å². The third-order valence-electron chi connectivity index (χ3n) is 2.96. The molecule has 0 spiro atoms. The maximum absolute atomic E-state index is 13.2. The zero-order valence-corrected chi connectivity index (χ0v) is 13.5. The van der Waals surface area contributed by atoms with Crippen LogP contribution in [0.3, 0.4) is 0 Å². The molecule has 0 aliphatic carbocycles.